The minimum atomic E-state index is -0.793. The highest BCUT2D eigenvalue weighted by atomic mass is 16.5. The Morgan fingerprint density at radius 3 is 2.48 bits per heavy atom. The zero-order chi connectivity index (χ0) is 19.6. The van der Waals surface area contributed by atoms with Gasteiger partial charge in [0.05, 0.1) is 24.1 Å². The number of ether oxygens (including phenoxy) is 1. The molecule has 0 bridgehead atoms. The number of hydrogen-bond donors (Lipinski definition) is 3. The number of para-hydroxylation sites is 1. The van der Waals surface area contributed by atoms with Crippen LogP contribution in [0.5, 0.6) is 0 Å². The van der Waals surface area contributed by atoms with Gasteiger partial charge < -0.3 is 25.1 Å². The van der Waals surface area contributed by atoms with Gasteiger partial charge in [0.1, 0.15) is 0 Å². The van der Waals surface area contributed by atoms with Crippen LogP contribution in [0.1, 0.15) is 27.8 Å². The van der Waals surface area contributed by atoms with Crippen LogP contribution >= 0.6 is 0 Å². The van der Waals surface area contributed by atoms with Gasteiger partial charge in [-0.2, -0.15) is 0 Å². The van der Waals surface area contributed by atoms with E-state index in [1.54, 1.807) is 25.1 Å². The number of likely N-dealkylation sites (N-methyl/N-ethyl adjacent to an activating group) is 1. The van der Waals surface area contributed by atoms with Crippen molar-refractivity contribution in [3.8, 4) is 0 Å². The van der Waals surface area contributed by atoms with Crippen LogP contribution in [0.3, 0.4) is 0 Å². The Morgan fingerprint density at radius 2 is 1.78 bits per heavy atom. The third-order valence-electron chi connectivity index (χ3n) is 3.29. The van der Waals surface area contributed by atoms with Crippen molar-refractivity contribution in [3.05, 3.63) is 54.0 Å². The van der Waals surface area contributed by atoms with Gasteiger partial charge in [-0.25, -0.2) is 4.79 Å². The highest BCUT2D eigenvalue weighted by Gasteiger charge is 2.17. The number of rotatable bonds is 8. The average molecular weight is 373 g/mol. The summed E-state index contributed by atoms with van der Waals surface area (Å²) < 4.78 is 9.93. The Morgan fingerprint density at radius 1 is 1.00 bits per heavy atom. The molecule has 0 aliphatic heterocycles. The summed E-state index contributed by atoms with van der Waals surface area (Å²) in [4.78, 5) is 47.2. The fraction of sp³-hybridized carbons (Fsp3) is 0.222. The van der Waals surface area contributed by atoms with E-state index in [4.69, 9.17) is 9.15 Å². The van der Waals surface area contributed by atoms with Gasteiger partial charge in [0.2, 0.25) is 5.91 Å². The lowest BCUT2D eigenvalue weighted by molar-refractivity contribution is -0.127. The molecule has 27 heavy (non-hydrogen) atoms. The predicted octanol–water partition coefficient (Wildman–Crippen LogP) is 0.941. The van der Waals surface area contributed by atoms with E-state index in [9.17, 15) is 19.2 Å². The van der Waals surface area contributed by atoms with Crippen LogP contribution in [0.4, 0.5) is 5.69 Å². The summed E-state index contributed by atoms with van der Waals surface area (Å²) in [6, 6.07) is 9.24. The highest BCUT2D eigenvalue weighted by Crippen LogP contribution is 2.17. The first-order chi connectivity index (χ1) is 13.0. The molecular formula is C18H19N3O6. The number of benzene rings is 1. The Bertz CT molecular complexity index is 816. The van der Waals surface area contributed by atoms with Crippen LogP contribution in [-0.2, 0) is 14.3 Å². The summed E-state index contributed by atoms with van der Waals surface area (Å²) in [7, 11) is 0. The first kappa shape index (κ1) is 19.7. The second kappa shape index (κ2) is 9.76. The van der Waals surface area contributed by atoms with Crippen molar-refractivity contribution in [1.82, 2.24) is 10.6 Å². The Kier molecular flexibility index (Phi) is 7.12. The van der Waals surface area contributed by atoms with Gasteiger partial charge in [0.15, 0.2) is 12.4 Å². The topological polar surface area (TPSA) is 127 Å². The molecule has 0 unspecified atom stereocenters. The van der Waals surface area contributed by atoms with Crippen LogP contribution in [-0.4, -0.2) is 43.4 Å². The molecule has 9 nitrogen and oxygen atoms in total. The predicted molar refractivity (Wildman–Crippen MR) is 95.1 cm³/mol. The van der Waals surface area contributed by atoms with Gasteiger partial charge in [-0.3, -0.25) is 14.4 Å². The average Bonchev–Trinajstić information content (AvgIpc) is 3.20. The van der Waals surface area contributed by atoms with Crippen LogP contribution < -0.4 is 16.0 Å². The maximum atomic E-state index is 12.2. The lowest BCUT2D eigenvalue weighted by atomic mass is 10.1. The number of amides is 3. The molecule has 0 spiro atoms. The molecule has 1 aromatic heterocycles. The quantitative estimate of drug-likeness (QED) is 0.591. The molecule has 3 amide bonds. The third kappa shape index (κ3) is 5.99. The number of carbonyl (C=O) groups is 4. The first-order valence-electron chi connectivity index (χ1n) is 8.15. The summed E-state index contributed by atoms with van der Waals surface area (Å²) >= 11 is 0. The fourth-order valence-corrected chi connectivity index (χ4v) is 2.06. The Labute approximate surface area is 155 Å². The van der Waals surface area contributed by atoms with E-state index in [0.29, 0.717) is 6.54 Å². The van der Waals surface area contributed by atoms with Crippen LogP contribution in [0.2, 0.25) is 0 Å². The van der Waals surface area contributed by atoms with Crippen LogP contribution in [0.25, 0.3) is 0 Å². The van der Waals surface area contributed by atoms with Crippen molar-refractivity contribution in [2.75, 3.05) is 25.0 Å². The largest absolute Gasteiger partial charge is 0.459 e. The minimum Gasteiger partial charge on any atom is -0.459 e. The highest BCUT2D eigenvalue weighted by molar-refractivity contribution is 6.06. The molecule has 2 rings (SSSR count). The molecule has 3 N–H and O–H groups in total. The van der Waals surface area contributed by atoms with Crippen molar-refractivity contribution >= 4 is 29.4 Å². The van der Waals surface area contributed by atoms with Crippen LogP contribution in [0, 0.1) is 0 Å². The smallest absolute Gasteiger partial charge is 0.340 e. The molecule has 0 atom stereocenters. The molecule has 2 aromatic rings. The van der Waals surface area contributed by atoms with E-state index >= 15 is 0 Å². The zero-order valence-electron chi connectivity index (χ0n) is 14.6. The standard InChI is InChI=1S/C18H19N3O6/c1-2-19-15(22)10-20-16(23)11-27-18(25)12-6-3-4-7-13(12)21-17(24)14-8-5-9-26-14/h3-9H,2,10-11H2,1H3,(H,19,22)(H,20,23)(H,21,24). The summed E-state index contributed by atoms with van der Waals surface area (Å²) in [5.41, 5.74) is 0.292. The molecule has 142 valence electrons. The van der Waals surface area contributed by atoms with Crippen molar-refractivity contribution in [1.29, 1.82) is 0 Å². The Hall–Kier alpha value is -3.62. The van der Waals surface area contributed by atoms with E-state index in [1.165, 1.54) is 24.5 Å². The molecule has 0 saturated heterocycles. The second-order valence-electron chi connectivity index (χ2n) is 5.28. The van der Waals surface area contributed by atoms with Gasteiger partial charge in [0, 0.05) is 6.54 Å². The number of esters is 1. The summed E-state index contributed by atoms with van der Waals surface area (Å²) in [5, 5.41) is 7.40. The lowest BCUT2D eigenvalue weighted by Gasteiger charge is -2.10. The van der Waals surface area contributed by atoms with Crippen molar-refractivity contribution in [2.45, 2.75) is 6.92 Å². The summed E-state index contributed by atoms with van der Waals surface area (Å²) in [5.74, 6) is -2.20. The fourth-order valence-electron chi connectivity index (χ4n) is 2.06. The van der Waals surface area contributed by atoms with Crippen molar-refractivity contribution in [3.63, 3.8) is 0 Å². The number of anilines is 1. The summed E-state index contributed by atoms with van der Waals surface area (Å²) in [6.45, 7) is 1.44. The van der Waals surface area contributed by atoms with Gasteiger partial charge in [-0.1, -0.05) is 12.1 Å². The molecule has 0 aliphatic carbocycles. The van der Waals surface area contributed by atoms with E-state index in [2.05, 4.69) is 16.0 Å². The SMILES string of the molecule is CCNC(=O)CNC(=O)COC(=O)c1ccccc1NC(=O)c1ccco1. The van der Waals surface area contributed by atoms with Gasteiger partial charge >= 0.3 is 5.97 Å². The van der Waals surface area contributed by atoms with Gasteiger partial charge in [-0.15, -0.1) is 0 Å². The van der Waals surface area contributed by atoms with Crippen LogP contribution in [0.15, 0.2) is 47.1 Å². The van der Waals surface area contributed by atoms with E-state index in [-0.39, 0.29) is 29.5 Å². The molecule has 0 aliphatic rings. The maximum absolute atomic E-state index is 12.2. The van der Waals surface area contributed by atoms with E-state index < -0.39 is 24.4 Å². The van der Waals surface area contributed by atoms with E-state index in [1.807, 2.05) is 0 Å². The third-order valence-corrected chi connectivity index (χ3v) is 3.29. The normalized spacial score (nSPS) is 9.96. The second-order valence-corrected chi connectivity index (χ2v) is 5.28. The maximum Gasteiger partial charge on any atom is 0.340 e. The minimum absolute atomic E-state index is 0.0777. The molecule has 9 heteroatoms. The zero-order valence-corrected chi connectivity index (χ0v) is 14.6. The molecule has 0 radical (unpaired) electrons. The van der Waals surface area contributed by atoms with Gasteiger partial charge in [0.25, 0.3) is 11.8 Å². The summed E-state index contributed by atoms with van der Waals surface area (Å²) in [6.07, 6.45) is 1.36. The Balaban J connectivity index is 1.91. The number of nitrogens with one attached hydrogen (secondary N) is 3. The van der Waals surface area contributed by atoms with E-state index in [0.717, 1.165) is 0 Å². The molecule has 0 saturated carbocycles. The van der Waals surface area contributed by atoms with Crippen molar-refractivity contribution < 1.29 is 28.3 Å². The molecular weight excluding hydrogens is 354 g/mol. The van der Waals surface area contributed by atoms with Gasteiger partial charge in [-0.05, 0) is 31.2 Å². The molecule has 1 aromatic carbocycles. The number of hydrogen-bond acceptors (Lipinski definition) is 6. The number of carbonyl (C=O) groups excluding carboxylic acids is 4. The number of furan rings is 1. The monoisotopic (exact) mass is 373 g/mol. The molecule has 0 fully saturated rings. The lowest BCUT2D eigenvalue weighted by Crippen LogP contribution is -2.38. The van der Waals surface area contributed by atoms with Crippen molar-refractivity contribution in [2.24, 2.45) is 0 Å². The molecule has 1 heterocycles. The first-order valence-corrected chi connectivity index (χ1v) is 8.15.